The van der Waals surface area contributed by atoms with E-state index in [2.05, 4.69) is 0 Å². The number of ether oxygens (including phenoxy) is 8. The normalized spacial score (nSPS) is 10.7. The van der Waals surface area contributed by atoms with Gasteiger partial charge in [0.2, 0.25) is 0 Å². The number of carbonyl (C=O) groups is 3. The zero-order chi connectivity index (χ0) is 44.1. The summed E-state index contributed by atoms with van der Waals surface area (Å²) in [6.07, 6.45) is 5.74. The highest BCUT2D eigenvalue weighted by Gasteiger charge is 2.15. The lowest BCUT2D eigenvalue weighted by Gasteiger charge is -2.13. The van der Waals surface area contributed by atoms with E-state index >= 15 is 0 Å². The Morgan fingerprint density at radius 1 is 0.590 bits per heavy atom. The highest BCUT2D eigenvalue weighted by Crippen LogP contribution is 2.39. The van der Waals surface area contributed by atoms with Crippen molar-refractivity contribution in [2.75, 3.05) is 54.9 Å². The first kappa shape index (κ1) is 48.5. The molecule has 0 bridgehead atoms. The van der Waals surface area contributed by atoms with Gasteiger partial charge in [-0.2, -0.15) is 0 Å². The number of methoxy groups -OCH3 is 4. The molecule has 4 aromatic carbocycles. The molecule has 328 valence electrons. The van der Waals surface area contributed by atoms with Crippen LogP contribution in [0, 0.1) is 0 Å². The summed E-state index contributed by atoms with van der Waals surface area (Å²) in [5.41, 5.74) is 0.373. The fraction of sp³-hybridized carbons (Fsp3) is 0.391. The Balaban J connectivity index is 0.000000269. The fourth-order valence-electron chi connectivity index (χ4n) is 6.00. The van der Waals surface area contributed by atoms with E-state index in [1.165, 1.54) is 23.1 Å². The molecule has 1 aromatic heterocycles. The average Bonchev–Trinajstić information content (AvgIpc) is 3.26. The van der Waals surface area contributed by atoms with Gasteiger partial charge in [-0.3, -0.25) is 19.2 Å². The summed E-state index contributed by atoms with van der Waals surface area (Å²) in [7, 11) is 6.34. The number of benzene rings is 4. The third-order valence-corrected chi connectivity index (χ3v) is 11.5. The van der Waals surface area contributed by atoms with E-state index in [0.29, 0.717) is 95.0 Å². The number of esters is 2. The van der Waals surface area contributed by atoms with Crippen LogP contribution >= 0.6 is 34.7 Å². The average molecular weight is 898 g/mol. The van der Waals surface area contributed by atoms with Crippen molar-refractivity contribution in [3.8, 4) is 34.5 Å². The fourth-order valence-corrected chi connectivity index (χ4v) is 8.33. The van der Waals surface area contributed by atoms with Gasteiger partial charge in [0.05, 0.1) is 54.9 Å². The third-order valence-electron chi connectivity index (χ3n) is 9.10. The summed E-state index contributed by atoms with van der Waals surface area (Å²) in [6.45, 7) is 5.43. The minimum atomic E-state index is -0.528. The van der Waals surface area contributed by atoms with Crippen LogP contribution in [0.4, 0.5) is 0 Å². The van der Waals surface area contributed by atoms with Crippen molar-refractivity contribution in [3.05, 3.63) is 82.5 Å². The maximum absolute atomic E-state index is 13.0. The Bertz CT molecular complexity index is 2290. The lowest BCUT2D eigenvalue weighted by Crippen LogP contribution is -2.05. The maximum atomic E-state index is 13.0. The summed E-state index contributed by atoms with van der Waals surface area (Å²) in [5, 5.41) is 0.735. The molecule has 0 aliphatic heterocycles. The second-order valence-corrected chi connectivity index (χ2v) is 15.8. The van der Waals surface area contributed by atoms with Crippen molar-refractivity contribution in [2.24, 2.45) is 0 Å². The van der Waals surface area contributed by atoms with E-state index in [-0.39, 0.29) is 17.4 Å². The van der Waals surface area contributed by atoms with Crippen LogP contribution in [0.5, 0.6) is 34.5 Å². The molecule has 5 rings (SSSR count). The number of hydrogen-bond donors (Lipinski definition) is 0. The first-order valence-corrected chi connectivity index (χ1v) is 22.0. The number of halogens is 1. The summed E-state index contributed by atoms with van der Waals surface area (Å²) in [5.74, 6) is 3.40. The van der Waals surface area contributed by atoms with Crippen LogP contribution in [0.25, 0.3) is 20.2 Å². The second-order valence-electron chi connectivity index (χ2n) is 13.3. The molecule has 0 saturated carbocycles. The predicted molar refractivity (Wildman–Crippen MR) is 240 cm³/mol. The van der Waals surface area contributed by atoms with Crippen molar-refractivity contribution >= 4 is 72.1 Å². The number of fused-ring (bicyclic) bond motifs is 2. The van der Waals surface area contributed by atoms with E-state index in [1.54, 1.807) is 78.7 Å². The molecule has 61 heavy (non-hydrogen) atoms. The van der Waals surface area contributed by atoms with E-state index in [0.717, 1.165) is 52.8 Å². The quantitative estimate of drug-likeness (QED) is 0.0266. The number of unbranched alkanes of at least 4 members (excludes halogenated alkanes) is 4. The lowest BCUT2D eigenvalue weighted by molar-refractivity contribution is -0.144. The number of hydrogen-bond acceptors (Lipinski definition) is 14. The van der Waals surface area contributed by atoms with Gasteiger partial charge in [-0.15, -0.1) is 11.3 Å². The molecule has 12 nitrogen and oxygen atoms in total. The lowest BCUT2D eigenvalue weighted by atomic mass is 10.1. The van der Waals surface area contributed by atoms with Gasteiger partial charge in [-0.05, 0) is 125 Å². The van der Waals surface area contributed by atoms with Gasteiger partial charge >= 0.3 is 11.9 Å². The zero-order valence-corrected chi connectivity index (χ0v) is 37.8. The SMILES string of the molecule is CCOC(=O)CCCCCOc1cc2c(=O)c3ccc(OC)cc3sc2cc1OC.CCOC(=O)CCCCCOc1ccc(Sc2cc(OC)ccc2C(=O)Cl)cc1OC. The molecule has 15 heteroatoms. The van der Waals surface area contributed by atoms with E-state index in [4.69, 9.17) is 49.5 Å². The molecule has 0 N–H and O–H groups in total. The maximum Gasteiger partial charge on any atom is 0.305 e. The van der Waals surface area contributed by atoms with Crippen molar-refractivity contribution < 1.29 is 52.3 Å². The monoisotopic (exact) mass is 896 g/mol. The first-order chi connectivity index (χ1) is 29.5. The van der Waals surface area contributed by atoms with Gasteiger partial charge in [0.1, 0.15) is 11.5 Å². The molecule has 0 saturated heterocycles. The van der Waals surface area contributed by atoms with E-state index in [1.807, 2.05) is 30.3 Å². The highest BCUT2D eigenvalue weighted by atomic mass is 35.5. The largest absolute Gasteiger partial charge is 0.497 e. The van der Waals surface area contributed by atoms with E-state index < -0.39 is 5.24 Å². The summed E-state index contributed by atoms with van der Waals surface area (Å²) >= 11 is 8.62. The number of carbonyl (C=O) groups excluding carboxylic acids is 3. The Morgan fingerprint density at radius 3 is 1.75 bits per heavy atom. The van der Waals surface area contributed by atoms with Crippen molar-refractivity contribution in [1.82, 2.24) is 0 Å². The topological polar surface area (TPSA) is 142 Å². The Morgan fingerprint density at radius 2 is 1.16 bits per heavy atom. The molecular formula is C46H53ClO12S2. The van der Waals surface area contributed by atoms with E-state index in [9.17, 15) is 19.2 Å². The summed E-state index contributed by atoms with van der Waals surface area (Å²) in [4.78, 5) is 49.0. The van der Waals surface area contributed by atoms with Gasteiger partial charge in [0, 0.05) is 54.4 Å². The van der Waals surface area contributed by atoms with Crippen LogP contribution < -0.4 is 33.8 Å². The van der Waals surface area contributed by atoms with Crippen molar-refractivity contribution in [2.45, 2.75) is 75.0 Å². The minimum absolute atomic E-state index is 0.0386. The van der Waals surface area contributed by atoms with Gasteiger partial charge in [0.15, 0.2) is 28.4 Å². The van der Waals surface area contributed by atoms with Gasteiger partial charge < -0.3 is 37.9 Å². The Kier molecular flexibility index (Phi) is 20.3. The molecule has 0 spiro atoms. The molecule has 1 heterocycles. The van der Waals surface area contributed by atoms with Crippen molar-refractivity contribution in [1.29, 1.82) is 0 Å². The summed E-state index contributed by atoms with van der Waals surface area (Å²) in [6, 6.07) is 19.8. The molecular weight excluding hydrogens is 844 g/mol. The third kappa shape index (κ3) is 14.8. The van der Waals surface area contributed by atoms with Crippen LogP contribution in [0.2, 0.25) is 0 Å². The van der Waals surface area contributed by atoms with Crippen molar-refractivity contribution in [3.63, 3.8) is 0 Å². The zero-order valence-electron chi connectivity index (χ0n) is 35.4. The minimum Gasteiger partial charge on any atom is -0.497 e. The molecule has 5 aromatic rings. The molecule has 0 aliphatic carbocycles. The van der Waals surface area contributed by atoms with Crippen LogP contribution in [0.3, 0.4) is 0 Å². The van der Waals surface area contributed by atoms with Gasteiger partial charge in [-0.1, -0.05) is 11.8 Å². The molecule has 0 fully saturated rings. The molecule has 0 unspecified atom stereocenters. The van der Waals surface area contributed by atoms with Gasteiger partial charge in [0.25, 0.3) is 5.24 Å². The van der Waals surface area contributed by atoms with Crippen LogP contribution in [0.1, 0.15) is 75.6 Å². The Labute approximate surface area is 369 Å². The smallest absolute Gasteiger partial charge is 0.305 e. The van der Waals surface area contributed by atoms with Gasteiger partial charge in [-0.25, -0.2) is 0 Å². The second kappa shape index (κ2) is 25.6. The Hall–Kier alpha value is -5.18. The van der Waals surface area contributed by atoms with Crippen LogP contribution in [0.15, 0.2) is 81.3 Å². The number of rotatable bonds is 23. The first-order valence-electron chi connectivity index (χ1n) is 20.0. The molecule has 0 atom stereocenters. The molecule has 0 radical (unpaired) electrons. The molecule has 0 amide bonds. The standard InChI is InChI=1S/C23H27ClO6S.C23H26O6S/c1-4-29-22(25)8-6-5-7-13-30-19-12-10-17(15-20(19)28-3)31-21-14-16(27-2)9-11-18(21)23(24)26;1-4-28-22(24)8-6-5-7-11-29-19-13-17-21(14-18(19)27-3)30-20-12-15(26-2)9-10-16(20)23(17)25/h9-12,14-15H,4-8,13H2,1-3H3;9-10,12-14H,4-8,11H2,1-3H3. The van der Waals surface area contributed by atoms with Crippen LogP contribution in [-0.4, -0.2) is 72.0 Å². The highest BCUT2D eigenvalue weighted by molar-refractivity contribution is 7.99. The molecule has 0 aliphatic rings. The summed E-state index contributed by atoms with van der Waals surface area (Å²) < 4.78 is 44.7. The van der Waals surface area contributed by atoms with Crippen LogP contribution in [-0.2, 0) is 19.1 Å². The predicted octanol–water partition coefficient (Wildman–Crippen LogP) is 10.7.